The molecule has 3 N–H and O–H groups in total. The van der Waals surface area contributed by atoms with Crippen molar-refractivity contribution in [3.8, 4) is 10.4 Å². The summed E-state index contributed by atoms with van der Waals surface area (Å²) >= 11 is 1.21. The topological polar surface area (TPSA) is 116 Å². The van der Waals surface area contributed by atoms with Crippen molar-refractivity contribution in [3.05, 3.63) is 59.4 Å². The lowest BCUT2D eigenvalue weighted by atomic mass is 10.1. The molecule has 0 aliphatic carbocycles. The van der Waals surface area contributed by atoms with Crippen LogP contribution in [-0.2, 0) is 14.4 Å². The molecule has 1 aromatic carbocycles. The van der Waals surface area contributed by atoms with Crippen molar-refractivity contribution in [3.63, 3.8) is 0 Å². The lowest BCUT2D eigenvalue weighted by molar-refractivity contribution is -0.138. The van der Waals surface area contributed by atoms with Crippen LogP contribution in [0.4, 0.5) is 9.18 Å². The zero-order valence-electron chi connectivity index (χ0n) is 15.8. The first-order chi connectivity index (χ1) is 14.2. The quantitative estimate of drug-likeness (QED) is 0.607. The first kappa shape index (κ1) is 21.2. The predicted molar refractivity (Wildman–Crippen MR) is 107 cm³/mol. The third-order valence-corrected chi connectivity index (χ3v) is 5.63. The standard InChI is InChI=1S/C20H18FN3O5S/c1-24-8-7-14(25)18(19(24)28)23-20(29)22-13(10-17(26)27)16-6-5-15(30-16)11-3-2-4-12(21)9-11/h2-9,13,18H,10H2,1H3,(H,26,27)(H2,22,23,29). The minimum Gasteiger partial charge on any atom is -0.481 e. The third-order valence-electron chi connectivity index (χ3n) is 4.38. The van der Waals surface area contributed by atoms with Gasteiger partial charge in [-0.2, -0.15) is 0 Å². The molecule has 2 atom stereocenters. The Kier molecular flexibility index (Phi) is 6.26. The number of carboxylic acid groups (broad SMARTS) is 1. The number of amides is 3. The number of carboxylic acids is 1. The Morgan fingerprint density at radius 1 is 1.27 bits per heavy atom. The van der Waals surface area contributed by atoms with Crippen LogP contribution in [0.15, 0.2) is 48.7 Å². The van der Waals surface area contributed by atoms with E-state index in [1.165, 1.54) is 47.7 Å². The van der Waals surface area contributed by atoms with Crippen molar-refractivity contribution in [2.24, 2.45) is 0 Å². The van der Waals surface area contributed by atoms with Gasteiger partial charge in [0, 0.05) is 29.1 Å². The number of nitrogens with one attached hydrogen (secondary N) is 2. The van der Waals surface area contributed by atoms with Crippen LogP contribution in [0.1, 0.15) is 17.3 Å². The molecule has 0 saturated heterocycles. The number of likely N-dealkylation sites (N-methyl/N-ethyl adjacent to an activating group) is 1. The van der Waals surface area contributed by atoms with Gasteiger partial charge in [-0.15, -0.1) is 11.3 Å². The highest BCUT2D eigenvalue weighted by molar-refractivity contribution is 7.15. The van der Waals surface area contributed by atoms with Crippen LogP contribution in [0.5, 0.6) is 0 Å². The Labute approximate surface area is 175 Å². The highest BCUT2D eigenvalue weighted by Crippen LogP contribution is 2.33. The van der Waals surface area contributed by atoms with Crippen molar-refractivity contribution in [2.45, 2.75) is 18.5 Å². The van der Waals surface area contributed by atoms with Gasteiger partial charge in [0.15, 0.2) is 11.8 Å². The summed E-state index contributed by atoms with van der Waals surface area (Å²) in [5, 5.41) is 14.0. The molecule has 156 valence electrons. The molecule has 0 spiro atoms. The van der Waals surface area contributed by atoms with E-state index in [1.807, 2.05) is 0 Å². The number of hydrogen-bond donors (Lipinski definition) is 3. The van der Waals surface area contributed by atoms with Crippen molar-refractivity contribution >= 4 is 35.0 Å². The molecule has 0 fully saturated rings. The average Bonchev–Trinajstić information content (AvgIpc) is 3.18. The number of ketones is 1. The normalized spacial score (nSPS) is 17.0. The molecular weight excluding hydrogens is 413 g/mol. The second-order valence-corrected chi connectivity index (χ2v) is 7.70. The van der Waals surface area contributed by atoms with Crippen molar-refractivity contribution in [2.75, 3.05) is 7.05 Å². The fraction of sp³-hybridized carbons (Fsp3) is 0.200. The van der Waals surface area contributed by atoms with Crippen LogP contribution in [-0.4, -0.2) is 46.8 Å². The molecule has 0 radical (unpaired) electrons. The summed E-state index contributed by atoms with van der Waals surface area (Å²) in [6.45, 7) is 0. The molecule has 2 unspecified atom stereocenters. The van der Waals surface area contributed by atoms with Gasteiger partial charge >= 0.3 is 12.0 Å². The summed E-state index contributed by atoms with van der Waals surface area (Å²) in [5.74, 6) is -2.72. The van der Waals surface area contributed by atoms with Gasteiger partial charge in [-0.05, 0) is 29.8 Å². The second-order valence-electron chi connectivity index (χ2n) is 6.58. The van der Waals surface area contributed by atoms with Gasteiger partial charge in [0.1, 0.15) is 5.82 Å². The molecule has 2 aromatic rings. The molecule has 30 heavy (non-hydrogen) atoms. The Balaban J connectivity index is 1.76. The first-order valence-electron chi connectivity index (χ1n) is 8.88. The van der Waals surface area contributed by atoms with E-state index >= 15 is 0 Å². The van der Waals surface area contributed by atoms with E-state index in [1.54, 1.807) is 24.3 Å². The van der Waals surface area contributed by atoms with Gasteiger partial charge < -0.3 is 20.6 Å². The summed E-state index contributed by atoms with van der Waals surface area (Å²) < 4.78 is 13.5. The molecule has 8 nitrogen and oxygen atoms in total. The number of hydrogen-bond acceptors (Lipinski definition) is 5. The molecular formula is C20H18FN3O5S. The van der Waals surface area contributed by atoms with Gasteiger partial charge in [-0.25, -0.2) is 9.18 Å². The lowest BCUT2D eigenvalue weighted by Crippen LogP contribution is -2.55. The van der Waals surface area contributed by atoms with Crippen LogP contribution in [0.2, 0.25) is 0 Å². The van der Waals surface area contributed by atoms with E-state index < -0.39 is 48.0 Å². The molecule has 0 bridgehead atoms. The Bertz CT molecular complexity index is 1030. The molecule has 0 saturated carbocycles. The average molecular weight is 431 g/mol. The van der Waals surface area contributed by atoms with Gasteiger partial charge in [0.05, 0.1) is 12.5 Å². The van der Waals surface area contributed by atoms with Gasteiger partial charge in [0.25, 0.3) is 5.91 Å². The number of nitrogens with zero attached hydrogens (tertiary/aromatic N) is 1. The number of urea groups is 1. The maximum Gasteiger partial charge on any atom is 0.316 e. The number of benzene rings is 1. The second kappa shape index (κ2) is 8.87. The predicted octanol–water partition coefficient (Wildman–Crippen LogP) is 2.29. The van der Waals surface area contributed by atoms with Gasteiger partial charge in [-0.3, -0.25) is 14.4 Å². The summed E-state index contributed by atoms with van der Waals surface area (Å²) in [6, 6.07) is 6.17. The fourth-order valence-electron chi connectivity index (χ4n) is 2.88. The summed E-state index contributed by atoms with van der Waals surface area (Å²) in [6.07, 6.45) is 2.06. The number of rotatable bonds is 6. The highest BCUT2D eigenvalue weighted by atomic mass is 32.1. The maximum atomic E-state index is 13.5. The van der Waals surface area contributed by atoms with Crippen LogP contribution >= 0.6 is 11.3 Å². The summed E-state index contributed by atoms with van der Waals surface area (Å²) in [5.41, 5.74) is 0.623. The Morgan fingerprint density at radius 2 is 2.03 bits per heavy atom. The smallest absolute Gasteiger partial charge is 0.316 e. The van der Waals surface area contributed by atoms with Crippen molar-refractivity contribution in [1.82, 2.24) is 15.5 Å². The third kappa shape index (κ3) is 4.90. The number of thiophene rings is 1. The Morgan fingerprint density at radius 3 is 2.73 bits per heavy atom. The number of halogens is 1. The SMILES string of the molecule is CN1C=CC(=O)C(NC(=O)NC(CC(=O)O)c2ccc(-c3cccc(F)c3)s2)C1=O. The monoisotopic (exact) mass is 431 g/mol. The van der Waals surface area contributed by atoms with E-state index in [4.69, 9.17) is 0 Å². The summed E-state index contributed by atoms with van der Waals surface area (Å²) in [4.78, 5) is 50.1. The zero-order valence-corrected chi connectivity index (χ0v) is 16.6. The molecule has 3 rings (SSSR count). The molecule has 10 heteroatoms. The lowest BCUT2D eigenvalue weighted by Gasteiger charge is -2.25. The van der Waals surface area contributed by atoms with Crippen molar-refractivity contribution in [1.29, 1.82) is 0 Å². The van der Waals surface area contributed by atoms with Crippen LogP contribution in [0, 0.1) is 5.82 Å². The first-order valence-corrected chi connectivity index (χ1v) is 9.69. The van der Waals surface area contributed by atoms with E-state index in [0.29, 0.717) is 15.3 Å². The minimum absolute atomic E-state index is 0.400. The van der Waals surface area contributed by atoms with E-state index in [9.17, 15) is 28.7 Å². The van der Waals surface area contributed by atoms with Gasteiger partial charge in [0.2, 0.25) is 0 Å². The van der Waals surface area contributed by atoms with E-state index in [2.05, 4.69) is 10.6 Å². The highest BCUT2D eigenvalue weighted by Gasteiger charge is 2.32. The number of carbonyl (C=O) groups is 4. The van der Waals surface area contributed by atoms with E-state index in [-0.39, 0.29) is 0 Å². The summed E-state index contributed by atoms with van der Waals surface area (Å²) in [7, 11) is 1.45. The van der Waals surface area contributed by atoms with Gasteiger partial charge in [-0.1, -0.05) is 12.1 Å². The largest absolute Gasteiger partial charge is 0.481 e. The van der Waals surface area contributed by atoms with Crippen LogP contribution in [0.25, 0.3) is 10.4 Å². The van der Waals surface area contributed by atoms with Crippen LogP contribution < -0.4 is 10.6 Å². The zero-order chi connectivity index (χ0) is 21.8. The molecule has 1 aliphatic rings. The maximum absolute atomic E-state index is 13.5. The Hall–Kier alpha value is -3.53. The minimum atomic E-state index is -1.38. The fourth-order valence-corrected chi connectivity index (χ4v) is 3.93. The van der Waals surface area contributed by atoms with Crippen molar-refractivity contribution < 1.29 is 28.7 Å². The molecule has 3 amide bonds. The molecule has 1 aromatic heterocycles. The molecule has 1 aliphatic heterocycles. The number of aliphatic carboxylic acids is 1. The number of carbonyl (C=O) groups excluding carboxylic acids is 3. The molecule has 2 heterocycles. The van der Waals surface area contributed by atoms with E-state index in [0.717, 1.165) is 0 Å². The van der Waals surface area contributed by atoms with Crippen LogP contribution in [0.3, 0.4) is 0 Å².